The Balaban J connectivity index is 4.09. The van der Waals surface area contributed by atoms with Gasteiger partial charge in [-0.25, -0.2) is 0 Å². The number of esters is 1. The summed E-state index contributed by atoms with van der Waals surface area (Å²) in [7, 11) is -2.56. The van der Waals surface area contributed by atoms with Crippen LogP contribution in [0.4, 0.5) is 0 Å². The molecule has 5 nitrogen and oxygen atoms in total. The molecule has 0 heterocycles. The maximum absolute atomic E-state index is 11.2. The first-order valence-electron chi connectivity index (χ1n) is 7.23. The van der Waals surface area contributed by atoms with E-state index in [1.807, 2.05) is 20.8 Å². The number of unbranched alkanes of at least 4 members (excludes halogenated alkanes) is 1. The van der Waals surface area contributed by atoms with E-state index in [0.29, 0.717) is 26.4 Å². The van der Waals surface area contributed by atoms with Crippen LogP contribution < -0.4 is 0 Å². The van der Waals surface area contributed by atoms with Crippen molar-refractivity contribution in [1.29, 1.82) is 0 Å². The van der Waals surface area contributed by atoms with Crippen molar-refractivity contribution in [3.8, 4) is 0 Å². The summed E-state index contributed by atoms with van der Waals surface area (Å²) in [6.45, 7) is 9.49. The molecule has 0 N–H and O–H groups in total. The Bertz CT molecular complexity index is 246. The van der Waals surface area contributed by atoms with Crippen molar-refractivity contribution >= 4 is 26.4 Å². The number of hydrogen-bond acceptors (Lipinski definition) is 5. The molecule has 7 heteroatoms. The van der Waals surface area contributed by atoms with Crippen LogP contribution in [0.2, 0.25) is 6.04 Å². The summed E-state index contributed by atoms with van der Waals surface area (Å²) in [5, 5.41) is -0.598. The summed E-state index contributed by atoms with van der Waals surface area (Å²) in [4.78, 5) is 11.2. The maximum Gasteiger partial charge on any atom is 0.500 e. The summed E-state index contributed by atoms with van der Waals surface area (Å²) < 4.78 is 22.2. The molecule has 120 valence electrons. The lowest BCUT2D eigenvalue weighted by atomic mass is 10.3. The Morgan fingerprint density at radius 2 is 1.55 bits per heavy atom. The predicted molar refractivity (Wildman–Crippen MR) is 80.9 cm³/mol. The first-order chi connectivity index (χ1) is 9.51. The van der Waals surface area contributed by atoms with E-state index in [1.165, 1.54) is 0 Å². The van der Waals surface area contributed by atoms with E-state index < -0.39 is 14.2 Å². The second-order valence-electron chi connectivity index (χ2n) is 4.22. The highest BCUT2D eigenvalue weighted by Crippen LogP contribution is 2.19. The maximum atomic E-state index is 11.2. The van der Waals surface area contributed by atoms with Crippen LogP contribution in [0, 0.1) is 0 Å². The van der Waals surface area contributed by atoms with Crippen LogP contribution in [-0.4, -0.2) is 46.6 Å². The molecular weight excluding hydrogens is 300 g/mol. The van der Waals surface area contributed by atoms with Gasteiger partial charge in [-0.05, 0) is 40.5 Å². The minimum Gasteiger partial charge on any atom is -0.465 e. The van der Waals surface area contributed by atoms with E-state index >= 15 is 0 Å². The number of carbonyl (C=O) groups is 1. The van der Waals surface area contributed by atoms with Gasteiger partial charge >= 0.3 is 14.8 Å². The number of carbonyl (C=O) groups excluding carboxylic acids is 1. The van der Waals surface area contributed by atoms with E-state index in [-0.39, 0.29) is 5.97 Å². The van der Waals surface area contributed by atoms with Gasteiger partial charge in [0.2, 0.25) is 0 Å². The van der Waals surface area contributed by atoms with Crippen LogP contribution in [0.5, 0.6) is 0 Å². The normalized spacial score (nSPS) is 13.2. The second kappa shape index (κ2) is 11.5. The number of alkyl halides is 1. The fourth-order valence-corrected chi connectivity index (χ4v) is 4.48. The van der Waals surface area contributed by atoms with Gasteiger partial charge in [-0.15, -0.1) is 11.6 Å². The number of halogens is 1. The van der Waals surface area contributed by atoms with E-state index in [1.54, 1.807) is 6.92 Å². The monoisotopic (exact) mass is 326 g/mol. The highest BCUT2D eigenvalue weighted by atomic mass is 35.5. The lowest BCUT2D eigenvalue weighted by molar-refractivity contribution is -0.142. The first kappa shape index (κ1) is 19.9. The van der Waals surface area contributed by atoms with E-state index in [2.05, 4.69) is 0 Å². The number of ether oxygens (including phenoxy) is 1. The molecule has 0 radical (unpaired) electrons. The molecule has 0 aliphatic carbocycles. The summed E-state index contributed by atoms with van der Waals surface area (Å²) in [6, 6.07) is 0.733. The van der Waals surface area contributed by atoms with Crippen molar-refractivity contribution in [3.05, 3.63) is 0 Å². The molecule has 0 aliphatic rings. The van der Waals surface area contributed by atoms with Crippen LogP contribution in [0.15, 0.2) is 0 Å². The molecule has 0 bridgehead atoms. The third kappa shape index (κ3) is 8.21. The molecule has 0 saturated carbocycles. The molecular formula is C13H27ClO5Si. The molecule has 0 amide bonds. The second-order valence-corrected chi connectivity index (χ2v) is 7.61. The van der Waals surface area contributed by atoms with E-state index in [4.69, 9.17) is 29.6 Å². The van der Waals surface area contributed by atoms with Crippen molar-refractivity contribution in [3.63, 3.8) is 0 Å². The molecule has 0 rings (SSSR count). The average molecular weight is 327 g/mol. The van der Waals surface area contributed by atoms with Crippen molar-refractivity contribution in [2.45, 2.75) is 52.0 Å². The van der Waals surface area contributed by atoms with Crippen molar-refractivity contribution in [2.24, 2.45) is 0 Å². The molecule has 20 heavy (non-hydrogen) atoms. The number of rotatable bonds is 12. The Morgan fingerprint density at radius 3 is 1.95 bits per heavy atom. The molecule has 0 aromatic carbocycles. The minimum atomic E-state index is -2.56. The first-order valence-corrected chi connectivity index (χ1v) is 9.60. The standard InChI is InChI=1S/C13H27ClO5Si/c1-5-17-20(18-6-2,19-7-3)11-9-8-10-16-13(15)12(4)14/h12H,5-11H2,1-4H3. The van der Waals surface area contributed by atoms with Gasteiger partial charge in [-0.1, -0.05) is 0 Å². The molecule has 1 unspecified atom stereocenters. The highest BCUT2D eigenvalue weighted by Gasteiger charge is 2.39. The Morgan fingerprint density at radius 1 is 1.05 bits per heavy atom. The third-order valence-electron chi connectivity index (χ3n) is 2.54. The Kier molecular flexibility index (Phi) is 11.4. The molecule has 0 aromatic heterocycles. The largest absolute Gasteiger partial charge is 0.500 e. The van der Waals surface area contributed by atoms with Gasteiger partial charge in [-0.2, -0.15) is 0 Å². The summed E-state index contributed by atoms with van der Waals surface area (Å²) in [5.41, 5.74) is 0. The fraction of sp³-hybridized carbons (Fsp3) is 0.923. The van der Waals surface area contributed by atoms with Crippen LogP contribution >= 0.6 is 11.6 Å². The van der Waals surface area contributed by atoms with E-state index in [0.717, 1.165) is 18.9 Å². The quantitative estimate of drug-likeness (QED) is 0.239. The molecule has 1 atom stereocenters. The number of hydrogen-bond donors (Lipinski definition) is 0. The average Bonchev–Trinajstić information content (AvgIpc) is 2.39. The minimum absolute atomic E-state index is 0.366. The van der Waals surface area contributed by atoms with E-state index in [9.17, 15) is 4.79 Å². The lowest BCUT2D eigenvalue weighted by Gasteiger charge is -2.28. The molecule has 0 aliphatic heterocycles. The molecule has 0 fully saturated rings. The van der Waals surface area contributed by atoms with Crippen LogP contribution in [0.3, 0.4) is 0 Å². The van der Waals surface area contributed by atoms with Crippen LogP contribution in [-0.2, 0) is 22.8 Å². The zero-order valence-electron chi connectivity index (χ0n) is 12.9. The van der Waals surface area contributed by atoms with Gasteiger partial charge in [-0.3, -0.25) is 4.79 Å². The zero-order chi connectivity index (χ0) is 15.4. The van der Waals surface area contributed by atoms with Gasteiger partial charge in [0.1, 0.15) is 5.38 Å². The highest BCUT2D eigenvalue weighted by molar-refractivity contribution is 6.60. The third-order valence-corrected chi connectivity index (χ3v) is 5.87. The fourth-order valence-electron chi connectivity index (χ4n) is 1.73. The van der Waals surface area contributed by atoms with Crippen molar-refractivity contribution in [1.82, 2.24) is 0 Å². The Hall–Kier alpha value is -0.143. The Labute approximate surface area is 128 Å². The van der Waals surface area contributed by atoms with Gasteiger partial charge in [0.15, 0.2) is 0 Å². The van der Waals surface area contributed by atoms with Gasteiger partial charge in [0.05, 0.1) is 6.61 Å². The van der Waals surface area contributed by atoms with Crippen LogP contribution in [0.1, 0.15) is 40.5 Å². The molecule has 0 aromatic rings. The summed E-state index contributed by atoms with van der Waals surface area (Å²) >= 11 is 5.61. The topological polar surface area (TPSA) is 54.0 Å². The molecule has 0 spiro atoms. The van der Waals surface area contributed by atoms with Gasteiger partial charge in [0.25, 0.3) is 0 Å². The lowest BCUT2D eigenvalue weighted by Crippen LogP contribution is -2.45. The van der Waals surface area contributed by atoms with Gasteiger partial charge < -0.3 is 18.0 Å². The van der Waals surface area contributed by atoms with Crippen LogP contribution in [0.25, 0.3) is 0 Å². The smallest absolute Gasteiger partial charge is 0.465 e. The zero-order valence-corrected chi connectivity index (χ0v) is 14.7. The van der Waals surface area contributed by atoms with Crippen molar-refractivity contribution < 1.29 is 22.8 Å². The van der Waals surface area contributed by atoms with Gasteiger partial charge in [0, 0.05) is 25.9 Å². The predicted octanol–water partition coefficient (Wildman–Crippen LogP) is 2.99. The summed E-state index contributed by atoms with van der Waals surface area (Å²) in [6.07, 6.45) is 1.58. The summed E-state index contributed by atoms with van der Waals surface area (Å²) in [5.74, 6) is -0.380. The SMILES string of the molecule is CCO[Si](CCCCOC(=O)C(C)Cl)(OCC)OCC. The van der Waals surface area contributed by atoms with Crippen molar-refractivity contribution in [2.75, 3.05) is 26.4 Å². The molecule has 0 saturated heterocycles.